The second-order valence-electron chi connectivity index (χ2n) is 3.82. The second-order valence-corrected chi connectivity index (χ2v) is 5.06. The van der Waals surface area contributed by atoms with Gasteiger partial charge in [0.2, 0.25) is 0 Å². The van der Waals surface area contributed by atoms with E-state index in [0.717, 1.165) is 19.7 Å². The van der Waals surface area contributed by atoms with Crippen LogP contribution >= 0.6 is 22.6 Å². The van der Waals surface area contributed by atoms with Crippen LogP contribution in [0.3, 0.4) is 0 Å². The molecule has 0 heterocycles. The maximum atomic E-state index is 5.08. The molecule has 0 fully saturated rings. The first-order chi connectivity index (χ1) is 7.22. The highest BCUT2D eigenvalue weighted by atomic mass is 127. The van der Waals surface area contributed by atoms with Crippen LogP contribution in [-0.4, -0.2) is 20.3 Å². The van der Waals surface area contributed by atoms with Crippen LogP contribution in [0.5, 0.6) is 0 Å². The van der Waals surface area contributed by atoms with Gasteiger partial charge in [-0.05, 0) is 46.2 Å². The highest BCUT2D eigenvalue weighted by molar-refractivity contribution is 14.1. The molecule has 0 aromatic heterocycles. The van der Waals surface area contributed by atoms with E-state index in [0.29, 0.717) is 5.92 Å². The summed E-state index contributed by atoms with van der Waals surface area (Å²) in [5.74, 6) is 0.568. The van der Waals surface area contributed by atoms with E-state index < -0.39 is 0 Å². The molecule has 0 aliphatic carbocycles. The van der Waals surface area contributed by atoms with Gasteiger partial charge in [0, 0.05) is 30.4 Å². The van der Waals surface area contributed by atoms with Crippen molar-refractivity contribution < 1.29 is 4.74 Å². The molecule has 1 atom stereocenters. The van der Waals surface area contributed by atoms with Crippen molar-refractivity contribution in [1.82, 2.24) is 5.32 Å². The van der Waals surface area contributed by atoms with Gasteiger partial charge >= 0.3 is 0 Å². The molecular weight excluding hydrogens is 301 g/mol. The summed E-state index contributed by atoms with van der Waals surface area (Å²) in [5, 5.41) is 3.42. The lowest BCUT2D eigenvalue weighted by molar-refractivity contribution is 0.158. The Morgan fingerprint density at radius 1 is 1.33 bits per heavy atom. The lowest BCUT2D eigenvalue weighted by Crippen LogP contribution is -2.23. The van der Waals surface area contributed by atoms with Crippen molar-refractivity contribution in [2.24, 2.45) is 5.92 Å². The van der Waals surface area contributed by atoms with Gasteiger partial charge in [-0.15, -0.1) is 0 Å². The van der Waals surface area contributed by atoms with Crippen molar-refractivity contribution in [2.45, 2.75) is 13.5 Å². The summed E-state index contributed by atoms with van der Waals surface area (Å²) >= 11 is 2.32. The Balaban J connectivity index is 2.22. The van der Waals surface area contributed by atoms with Gasteiger partial charge in [0.15, 0.2) is 0 Å². The molecule has 0 amide bonds. The molecule has 1 N–H and O–H groups in total. The van der Waals surface area contributed by atoms with Crippen molar-refractivity contribution >= 4 is 22.6 Å². The minimum Gasteiger partial charge on any atom is -0.384 e. The van der Waals surface area contributed by atoms with E-state index in [-0.39, 0.29) is 0 Å². The summed E-state index contributed by atoms with van der Waals surface area (Å²) in [4.78, 5) is 0. The van der Waals surface area contributed by atoms with Crippen LogP contribution in [0.1, 0.15) is 12.5 Å². The van der Waals surface area contributed by atoms with Crippen LogP contribution in [0.25, 0.3) is 0 Å². The number of ether oxygens (including phenoxy) is 1. The van der Waals surface area contributed by atoms with E-state index in [1.165, 1.54) is 9.13 Å². The Morgan fingerprint density at radius 2 is 2.00 bits per heavy atom. The highest BCUT2D eigenvalue weighted by Gasteiger charge is 2.00. The second kappa shape index (κ2) is 7.19. The Morgan fingerprint density at radius 3 is 2.60 bits per heavy atom. The number of nitrogens with one attached hydrogen (secondary N) is 1. The molecule has 1 aromatic carbocycles. The zero-order valence-corrected chi connectivity index (χ0v) is 11.5. The van der Waals surface area contributed by atoms with Crippen LogP contribution in [0.15, 0.2) is 24.3 Å². The first-order valence-corrected chi connectivity index (χ1v) is 6.24. The van der Waals surface area contributed by atoms with Crippen LogP contribution in [0.2, 0.25) is 0 Å². The van der Waals surface area contributed by atoms with Gasteiger partial charge in [0.25, 0.3) is 0 Å². The first kappa shape index (κ1) is 12.9. The SMILES string of the molecule is COCC(C)CNCc1ccc(I)cc1. The van der Waals surface area contributed by atoms with Gasteiger partial charge in [-0.1, -0.05) is 19.1 Å². The molecule has 2 nitrogen and oxygen atoms in total. The van der Waals surface area contributed by atoms with Gasteiger partial charge < -0.3 is 10.1 Å². The standard InChI is InChI=1S/C12H18INO/c1-10(9-15-2)7-14-8-11-3-5-12(13)6-4-11/h3-6,10,14H,7-9H2,1-2H3. The monoisotopic (exact) mass is 319 g/mol. The van der Waals surface area contributed by atoms with Gasteiger partial charge in [-0.3, -0.25) is 0 Å². The topological polar surface area (TPSA) is 21.3 Å². The molecule has 0 aliphatic heterocycles. The van der Waals surface area contributed by atoms with Crippen molar-refractivity contribution in [3.63, 3.8) is 0 Å². The van der Waals surface area contributed by atoms with Crippen LogP contribution in [-0.2, 0) is 11.3 Å². The van der Waals surface area contributed by atoms with Crippen molar-refractivity contribution in [1.29, 1.82) is 0 Å². The lowest BCUT2D eigenvalue weighted by atomic mass is 10.2. The molecule has 0 aliphatic rings. The minimum absolute atomic E-state index is 0.568. The van der Waals surface area contributed by atoms with E-state index >= 15 is 0 Å². The number of hydrogen-bond acceptors (Lipinski definition) is 2. The van der Waals surface area contributed by atoms with Gasteiger partial charge in [0.05, 0.1) is 0 Å². The molecule has 15 heavy (non-hydrogen) atoms. The van der Waals surface area contributed by atoms with E-state index in [9.17, 15) is 0 Å². The quantitative estimate of drug-likeness (QED) is 0.814. The highest BCUT2D eigenvalue weighted by Crippen LogP contribution is 2.06. The first-order valence-electron chi connectivity index (χ1n) is 5.16. The molecule has 1 unspecified atom stereocenters. The largest absolute Gasteiger partial charge is 0.384 e. The molecule has 0 saturated heterocycles. The number of halogens is 1. The third kappa shape index (κ3) is 5.49. The fraction of sp³-hybridized carbons (Fsp3) is 0.500. The summed E-state index contributed by atoms with van der Waals surface area (Å²) in [5.41, 5.74) is 1.33. The van der Waals surface area contributed by atoms with Crippen molar-refractivity contribution in [3.05, 3.63) is 33.4 Å². The number of hydrogen-bond donors (Lipinski definition) is 1. The zero-order valence-electron chi connectivity index (χ0n) is 9.29. The number of benzene rings is 1. The minimum atomic E-state index is 0.568. The molecule has 0 radical (unpaired) electrons. The fourth-order valence-corrected chi connectivity index (χ4v) is 1.77. The summed E-state index contributed by atoms with van der Waals surface area (Å²) in [6.07, 6.45) is 0. The van der Waals surface area contributed by atoms with Gasteiger partial charge in [-0.25, -0.2) is 0 Å². The summed E-state index contributed by atoms with van der Waals surface area (Å²) in [6, 6.07) is 8.60. The molecule has 1 rings (SSSR count). The predicted molar refractivity (Wildman–Crippen MR) is 71.9 cm³/mol. The third-order valence-corrected chi connectivity index (χ3v) is 2.91. The summed E-state index contributed by atoms with van der Waals surface area (Å²) < 4.78 is 6.36. The van der Waals surface area contributed by atoms with Gasteiger partial charge in [-0.2, -0.15) is 0 Å². The summed E-state index contributed by atoms with van der Waals surface area (Å²) in [6.45, 7) is 4.94. The van der Waals surface area contributed by atoms with E-state index in [2.05, 4.69) is 59.1 Å². The van der Waals surface area contributed by atoms with Crippen molar-refractivity contribution in [2.75, 3.05) is 20.3 Å². The van der Waals surface area contributed by atoms with Gasteiger partial charge in [0.1, 0.15) is 0 Å². The lowest BCUT2D eigenvalue weighted by Gasteiger charge is -2.11. The third-order valence-electron chi connectivity index (χ3n) is 2.19. The molecule has 0 bridgehead atoms. The Kier molecular flexibility index (Phi) is 6.20. The number of rotatable bonds is 6. The predicted octanol–water partition coefficient (Wildman–Crippen LogP) is 2.66. The number of methoxy groups -OCH3 is 1. The molecule has 1 aromatic rings. The average molecular weight is 319 g/mol. The normalized spacial score (nSPS) is 12.7. The molecule has 0 saturated carbocycles. The van der Waals surface area contributed by atoms with Crippen LogP contribution < -0.4 is 5.32 Å². The maximum absolute atomic E-state index is 5.08. The molecule has 0 spiro atoms. The van der Waals surface area contributed by atoms with E-state index in [1.807, 2.05) is 0 Å². The molecular formula is C12H18INO. The van der Waals surface area contributed by atoms with E-state index in [4.69, 9.17) is 4.74 Å². The Bertz CT molecular complexity index is 273. The Hall–Kier alpha value is -0.130. The van der Waals surface area contributed by atoms with Crippen LogP contribution in [0.4, 0.5) is 0 Å². The molecule has 84 valence electrons. The smallest absolute Gasteiger partial charge is 0.0499 e. The average Bonchev–Trinajstić information content (AvgIpc) is 2.21. The maximum Gasteiger partial charge on any atom is 0.0499 e. The van der Waals surface area contributed by atoms with Crippen molar-refractivity contribution in [3.8, 4) is 0 Å². The van der Waals surface area contributed by atoms with Crippen LogP contribution in [0, 0.1) is 9.49 Å². The zero-order chi connectivity index (χ0) is 11.1. The molecule has 3 heteroatoms. The fourth-order valence-electron chi connectivity index (χ4n) is 1.41. The summed E-state index contributed by atoms with van der Waals surface area (Å²) in [7, 11) is 1.75. The Labute approximate surface area is 106 Å². The van der Waals surface area contributed by atoms with E-state index in [1.54, 1.807) is 7.11 Å².